The Morgan fingerprint density at radius 3 is 2.34 bits per heavy atom. The molecule has 0 spiro atoms. The Labute approximate surface area is 233 Å². The van der Waals surface area contributed by atoms with Gasteiger partial charge in [0.25, 0.3) is 11.8 Å². The lowest BCUT2D eigenvalue weighted by Crippen LogP contribution is -2.39. The second-order valence-corrected chi connectivity index (χ2v) is 10.6. The molecule has 0 bridgehead atoms. The van der Waals surface area contributed by atoms with Crippen molar-refractivity contribution in [3.63, 3.8) is 0 Å². The molecular formula is C29H35Cl2F2N3O2. The molecule has 1 fully saturated rings. The van der Waals surface area contributed by atoms with Gasteiger partial charge in [-0.3, -0.25) is 4.79 Å². The Hall–Kier alpha value is -2.51. The van der Waals surface area contributed by atoms with E-state index in [-0.39, 0.29) is 28.7 Å². The molecule has 2 aromatic carbocycles. The number of ketones is 1. The fourth-order valence-corrected chi connectivity index (χ4v) is 5.50. The molecule has 206 valence electrons. The number of nitrogens with zero attached hydrogens (tertiary/aromatic N) is 3. The average molecular weight is 567 g/mol. The van der Waals surface area contributed by atoms with Gasteiger partial charge >= 0.3 is 0 Å². The molecule has 1 aliphatic rings. The number of alkyl halides is 2. The van der Waals surface area contributed by atoms with Crippen LogP contribution in [0, 0.1) is 12.8 Å². The Bertz CT molecular complexity index is 1340. The predicted octanol–water partition coefficient (Wildman–Crippen LogP) is 7.75. The van der Waals surface area contributed by atoms with Gasteiger partial charge in [0.1, 0.15) is 11.6 Å². The topological polar surface area (TPSA) is 55.2 Å². The van der Waals surface area contributed by atoms with Crippen molar-refractivity contribution in [1.29, 1.82) is 0 Å². The molecule has 5 nitrogen and oxygen atoms in total. The number of benzene rings is 2. The lowest BCUT2D eigenvalue weighted by molar-refractivity contribution is -0.118. The van der Waals surface area contributed by atoms with Gasteiger partial charge in [0, 0.05) is 50.5 Å². The van der Waals surface area contributed by atoms with Crippen LogP contribution in [0.2, 0.25) is 10.0 Å². The van der Waals surface area contributed by atoms with Crippen molar-refractivity contribution in [2.75, 3.05) is 13.1 Å². The van der Waals surface area contributed by atoms with Gasteiger partial charge in [-0.05, 0) is 68.0 Å². The number of piperidine rings is 1. The molecule has 1 saturated heterocycles. The van der Waals surface area contributed by atoms with E-state index in [4.69, 9.17) is 23.2 Å². The summed E-state index contributed by atoms with van der Waals surface area (Å²) in [6.07, 6.45) is 2.34. The first-order valence-corrected chi connectivity index (χ1v) is 13.7. The summed E-state index contributed by atoms with van der Waals surface area (Å²) in [7, 11) is 1.77. The number of amides is 1. The SMILES string of the molecule is CC.CC(=O)CC1CCN(C(=O)c2ccc(Cl)c(Cc3nc4c(C)cc(C(C)(F)F)cc4n3C)c2Cl)CC1. The van der Waals surface area contributed by atoms with Crippen LogP contribution in [0.5, 0.6) is 0 Å². The van der Waals surface area contributed by atoms with Gasteiger partial charge in [-0.2, -0.15) is 0 Å². The maximum absolute atomic E-state index is 14.0. The molecule has 9 heteroatoms. The minimum atomic E-state index is -2.97. The maximum Gasteiger partial charge on any atom is 0.270 e. The van der Waals surface area contributed by atoms with E-state index in [2.05, 4.69) is 4.98 Å². The van der Waals surface area contributed by atoms with Crippen molar-refractivity contribution in [2.45, 2.75) is 66.2 Å². The van der Waals surface area contributed by atoms with E-state index in [0.717, 1.165) is 19.8 Å². The summed E-state index contributed by atoms with van der Waals surface area (Å²) in [6, 6.07) is 6.20. The van der Waals surface area contributed by atoms with Gasteiger partial charge in [0.2, 0.25) is 0 Å². The van der Waals surface area contributed by atoms with Crippen molar-refractivity contribution in [3.8, 4) is 0 Å². The highest BCUT2D eigenvalue weighted by atomic mass is 35.5. The molecule has 1 amide bonds. The lowest BCUT2D eigenvalue weighted by atomic mass is 9.91. The standard InChI is InChI=1S/C27H29Cl2F2N3O2.C2H6/c1-15-11-18(27(3,30)31)13-22-25(15)32-23(33(22)4)14-20-21(28)6-5-19(24(20)29)26(36)34-9-7-17(8-10-34)12-16(2)35;1-2/h5-6,11,13,17H,7-10,12,14H2,1-4H3;1-2H3. The quantitative estimate of drug-likeness (QED) is 0.307. The maximum atomic E-state index is 14.0. The molecular weight excluding hydrogens is 531 g/mol. The molecule has 0 unspecified atom stereocenters. The Morgan fingerprint density at radius 1 is 1.13 bits per heavy atom. The third-order valence-corrected chi connectivity index (χ3v) is 7.79. The first kappa shape index (κ1) is 30.0. The zero-order chi connectivity index (χ0) is 28.4. The number of carbonyl (C=O) groups excluding carboxylic acids is 2. The van der Waals surface area contributed by atoms with Crippen LogP contribution in [-0.2, 0) is 24.2 Å². The van der Waals surface area contributed by atoms with Gasteiger partial charge in [-0.1, -0.05) is 37.0 Å². The van der Waals surface area contributed by atoms with Gasteiger partial charge in [-0.15, -0.1) is 0 Å². The minimum Gasteiger partial charge on any atom is -0.339 e. The van der Waals surface area contributed by atoms with E-state index in [9.17, 15) is 18.4 Å². The van der Waals surface area contributed by atoms with Gasteiger partial charge < -0.3 is 14.3 Å². The van der Waals surface area contributed by atoms with Crippen molar-refractivity contribution >= 4 is 45.9 Å². The number of hydrogen-bond acceptors (Lipinski definition) is 3. The summed E-state index contributed by atoms with van der Waals surface area (Å²) >= 11 is 13.2. The van der Waals surface area contributed by atoms with Crippen LogP contribution in [0.3, 0.4) is 0 Å². The summed E-state index contributed by atoms with van der Waals surface area (Å²) in [5, 5.41) is 0.671. The molecule has 38 heavy (non-hydrogen) atoms. The summed E-state index contributed by atoms with van der Waals surface area (Å²) in [6.45, 7) is 9.36. The van der Waals surface area contributed by atoms with Gasteiger partial charge in [-0.25, -0.2) is 13.8 Å². The highest BCUT2D eigenvalue weighted by molar-refractivity contribution is 6.38. The Morgan fingerprint density at radius 2 is 1.76 bits per heavy atom. The Balaban J connectivity index is 0.00000195. The fraction of sp³-hybridized carbons (Fsp3) is 0.483. The predicted molar refractivity (Wildman–Crippen MR) is 150 cm³/mol. The molecule has 0 N–H and O–H groups in total. The van der Waals surface area contributed by atoms with E-state index in [1.165, 1.54) is 12.1 Å². The highest BCUT2D eigenvalue weighted by Gasteiger charge is 2.28. The van der Waals surface area contributed by atoms with E-state index in [1.54, 1.807) is 42.5 Å². The molecule has 4 rings (SSSR count). The Kier molecular flexibility index (Phi) is 9.58. The number of carbonyl (C=O) groups is 2. The van der Waals surface area contributed by atoms with Crippen molar-refractivity contribution in [3.05, 3.63) is 62.4 Å². The van der Waals surface area contributed by atoms with Crippen molar-refractivity contribution in [2.24, 2.45) is 13.0 Å². The number of aryl methyl sites for hydroxylation is 2. The summed E-state index contributed by atoms with van der Waals surface area (Å²) in [5.41, 5.74) is 2.73. The van der Waals surface area contributed by atoms with E-state index in [0.29, 0.717) is 64.0 Å². The number of Topliss-reactive ketones (excluding diaryl/α,β-unsaturated/α-hetero) is 1. The molecule has 3 aromatic rings. The molecule has 0 radical (unpaired) electrons. The van der Waals surface area contributed by atoms with Gasteiger partial charge in [0.15, 0.2) is 0 Å². The van der Waals surface area contributed by atoms with Gasteiger partial charge in [0.05, 0.1) is 21.6 Å². The van der Waals surface area contributed by atoms with Crippen molar-refractivity contribution < 1.29 is 18.4 Å². The lowest BCUT2D eigenvalue weighted by Gasteiger charge is -2.32. The first-order valence-electron chi connectivity index (χ1n) is 13.0. The highest BCUT2D eigenvalue weighted by Crippen LogP contribution is 2.35. The third-order valence-electron chi connectivity index (χ3n) is 7.01. The summed E-state index contributed by atoms with van der Waals surface area (Å²) < 4.78 is 29.7. The summed E-state index contributed by atoms with van der Waals surface area (Å²) in [5.74, 6) is -2.07. The zero-order valence-corrected chi connectivity index (χ0v) is 24.3. The number of imidazole rings is 1. The number of hydrogen-bond donors (Lipinski definition) is 0. The molecule has 2 heterocycles. The van der Waals surface area contributed by atoms with Crippen molar-refractivity contribution in [1.82, 2.24) is 14.5 Å². The second kappa shape index (κ2) is 12.1. The zero-order valence-electron chi connectivity index (χ0n) is 22.8. The van der Waals surface area contributed by atoms with Crippen LogP contribution in [-0.4, -0.2) is 39.2 Å². The van der Waals surface area contributed by atoms with Crippen LogP contribution in [0.1, 0.15) is 79.8 Å². The van der Waals surface area contributed by atoms with E-state index in [1.807, 2.05) is 13.8 Å². The monoisotopic (exact) mass is 565 g/mol. The largest absolute Gasteiger partial charge is 0.339 e. The minimum absolute atomic E-state index is 0.0715. The van der Waals surface area contributed by atoms with Crippen LogP contribution in [0.4, 0.5) is 8.78 Å². The van der Waals surface area contributed by atoms with Crippen LogP contribution >= 0.6 is 23.2 Å². The fourth-order valence-electron chi connectivity index (χ4n) is 4.92. The molecule has 0 aliphatic carbocycles. The van der Waals surface area contributed by atoms with Crippen LogP contribution in [0.25, 0.3) is 11.0 Å². The number of rotatable bonds is 6. The second-order valence-electron chi connectivity index (χ2n) is 9.84. The molecule has 0 saturated carbocycles. The molecule has 1 aromatic heterocycles. The first-order chi connectivity index (χ1) is 17.9. The normalized spacial score (nSPS) is 14.4. The molecule has 0 atom stereocenters. The van der Waals surface area contributed by atoms with Crippen LogP contribution < -0.4 is 0 Å². The van der Waals surface area contributed by atoms with E-state index < -0.39 is 5.92 Å². The average Bonchev–Trinajstić information content (AvgIpc) is 3.18. The third kappa shape index (κ3) is 6.37. The number of fused-ring (bicyclic) bond motifs is 1. The smallest absolute Gasteiger partial charge is 0.270 e. The molecule has 1 aliphatic heterocycles. The number of halogens is 4. The summed E-state index contributed by atoms with van der Waals surface area (Å²) in [4.78, 5) is 31.2. The van der Waals surface area contributed by atoms with Crippen LogP contribution in [0.15, 0.2) is 24.3 Å². The van der Waals surface area contributed by atoms with E-state index >= 15 is 0 Å². The number of aromatic nitrogens is 2. The number of likely N-dealkylation sites (tertiary alicyclic amines) is 1.